The van der Waals surface area contributed by atoms with Crippen molar-refractivity contribution in [2.45, 2.75) is 20.0 Å². The Bertz CT molecular complexity index is 383. The highest BCUT2D eigenvalue weighted by molar-refractivity contribution is 5.93. The summed E-state index contributed by atoms with van der Waals surface area (Å²) in [4.78, 5) is 15.1. The van der Waals surface area contributed by atoms with Crippen molar-refractivity contribution in [1.29, 1.82) is 0 Å². The van der Waals surface area contributed by atoms with Gasteiger partial charge >= 0.3 is 0 Å². The van der Waals surface area contributed by atoms with Gasteiger partial charge in [-0.05, 0) is 12.0 Å². The summed E-state index contributed by atoms with van der Waals surface area (Å²) in [6.45, 7) is 4.41. The summed E-state index contributed by atoms with van der Waals surface area (Å²) in [5.74, 6) is -0.687. The van der Waals surface area contributed by atoms with Gasteiger partial charge in [0.05, 0.1) is 6.10 Å². The van der Waals surface area contributed by atoms with Crippen LogP contribution < -0.4 is 5.32 Å². The fourth-order valence-electron chi connectivity index (χ4n) is 1.43. The van der Waals surface area contributed by atoms with Gasteiger partial charge in [-0.1, -0.05) is 13.8 Å². The number of nitrogens with one attached hydrogen (secondary N) is 1. The number of halogens is 1. The number of ether oxygens (including phenoxy) is 1. The van der Waals surface area contributed by atoms with E-state index in [1.165, 1.54) is 12.3 Å². The summed E-state index contributed by atoms with van der Waals surface area (Å²) in [5, 5.41) is 2.70. The largest absolute Gasteiger partial charge is 0.379 e. The lowest BCUT2D eigenvalue weighted by atomic mass is 10.1. The number of carbonyl (C=O) groups excluding carboxylic acids is 1. The van der Waals surface area contributed by atoms with E-state index in [4.69, 9.17) is 4.74 Å². The SMILES string of the molecule is CO[C@H](CNC(=O)c1ccnc(F)c1)C(C)C. The highest BCUT2D eigenvalue weighted by Gasteiger charge is 2.14. The molecule has 0 aliphatic carbocycles. The zero-order chi connectivity index (χ0) is 12.8. The monoisotopic (exact) mass is 240 g/mol. The number of nitrogens with zero attached hydrogens (tertiary/aromatic N) is 1. The number of rotatable bonds is 5. The van der Waals surface area contributed by atoms with Crippen molar-refractivity contribution >= 4 is 5.91 Å². The van der Waals surface area contributed by atoms with E-state index in [0.29, 0.717) is 12.5 Å². The highest BCUT2D eigenvalue weighted by atomic mass is 19.1. The topological polar surface area (TPSA) is 51.2 Å². The lowest BCUT2D eigenvalue weighted by Gasteiger charge is -2.19. The molecular formula is C12H17FN2O2. The maximum absolute atomic E-state index is 12.8. The third-order valence-corrected chi connectivity index (χ3v) is 2.50. The lowest BCUT2D eigenvalue weighted by molar-refractivity contribution is 0.0605. The van der Waals surface area contributed by atoms with Gasteiger partial charge in [0.25, 0.3) is 5.91 Å². The molecule has 0 fully saturated rings. The van der Waals surface area contributed by atoms with Crippen LogP contribution in [0.3, 0.4) is 0 Å². The fraction of sp³-hybridized carbons (Fsp3) is 0.500. The van der Waals surface area contributed by atoms with Gasteiger partial charge in [0.2, 0.25) is 5.95 Å². The van der Waals surface area contributed by atoms with Crippen LogP contribution in [0.15, 0.2) is 18.3 Å². The van der Waals surface area contributed by atoms with Crippen molar-refractivity contribution in [3.63, 3.8) is 0 Å². The fourth-order valence-corrected chi connectivity index (χ4v) is 1.43. The minimum atomic E-state index is -0.662. The van der Waals surface area contributed by atoms with Crippen molar-refractivity contribution in [2.75, 3.05) is 13.7 Å². The summed E-state index contributed by atoms with van der Waals surface area (Å²) in [6.07, 6.45) is 1.21. The first kappa shape index (κ1) is 13.6. The van der Waals surface area contributed by atoms with Gasteiger partial charge < -0.3 is 10.1 Å². The van der Waals surface area contributed by atoms with Crippen LogP contribution >= 0.6 is 0 Å². The molecular weight excluding hydrogens is 223 g/mol. The zero-order valence-electron chi connectivity index (χ0n) is 10.2. The summed E-state index contributed by atoms with van der Waals surface area (Å²) in [5.41, 5.74) is 0.260. The van der Waals surface area contributed by atoms with Crippen LogP contribution in [0.4, 0.5) is 4.39 Å². The third-order valence-electron chi connectivity index (χ3n) is 2.50. The number of hydrogen-bond donors (Lipinski definition) is 1. The summed E-state index contributed by atoms with van der Waals surface area (Å²) in [7, 11) is 1.60. The van der Waals surface area contributed by atoms with Crippen molar-refractivity contribution in [1.82, 2.24) is 10.3 Å². The first-order valence-corrected chi connectivity index (χ1v) is 5.47. The molecule has 5 heteroatoms. The Morgan fingerprint density at radius 2 is 2.29 bits per heavy atom. The Labute approximate surface area is 100 Å². The third kappa shape index (κ3) is 4.11. The smallest absolute Gasteiger partial charge is 0.251 e. The Morgan fingerprint density at radius 3 is 2.82 bits per heavy atom. The average molecular weight is 240 g/mol. The normalized spacial score (nSPS) is 12.5. The predicted molar refractivity (Wildman–Crippen MR) is 62.2 cm³/mol. The van der Waals surface area contributed by atoms with Crippen LogP contribution in [0.2, 0.25) is 0 Å². The number of pyridine rings is 1. The van der Waals surface area contributed by atoms with E-state index in [1.54, 1.807) is 7.11 Å². The standard InChI is InChI=1S/C12H17FN2O2/c1-8(2)10(17-3)7-15-12(16)9-4-5-14-11(13)6-9/h4-6,8,10H,7H2,1-3H3,(H,15,16)/t10-/m1/s1. The van der Waals surface area contributed by atoms with Crippen molar-refractivity contribution in [3.8, 4) is 0 Å². The van der Waals surface area contributed by atoms with E-state index in [-0.39, 0.29) is 17.6 Å². The van der Waals surface area contributed by atoms with Crippen molar-refractivity contribution in [3.05, 3.63) is 29.8 Å². The van der Waals surface area contributed by atoms with E-state index in [9.17, 15) is 9.18 Å². The molecule has 0 aliphatic rings. The molecule has 1 atom stereocenters. The second-order valence-corrected chi connectivity index (χ2v) is 4.10. The van der Waals surface area contributed by atoms with Gasteiger partial charge in [0.15, 0.2) is 0 Å². The minimum Gasteiger partial charge on any atom is -0.379 e. The molecule has 1 amide bonds. The molecule has 94 valence electrons. The van der Waals surface area contributed by atoms with Gasteiger partial charge in [-0.3, -0.25) is 4.79 Å². The predicted octanol–water partition coefficient (Wildman–Crippen LogP) is 1.62. The zero-order valence-corrected chi connectivity index (χ0v) is 10.2. The first-order valence-electron chi connectivity index (χ1n) is 5.47. The molecule has 1 rings (SSSR count). The van der Waals surface area contributed by atoms with Crippen LogP contribution in [-0.4, -0.2) is 30.6 Å². The molecule has 0 unspecified atom stereocenters. The summed E-state index contributed by atoms with van der Waals surface area (Å²) in [6, 6.07) is 2.57. The average Bonchev–Trinajstić information content (AvgIpc) is 2.29. The van der Waals surface area contributed by atoms with E-state index in [1.807, 2.05) is 13.8 Å². The van der Waals surface area contributed by atoms with Crippen LogP contribution in [0, 0.1) is 11.9 Å². The Balaban J connectivity index is 2.55. The van der Waals surface area contributed by atoms with Gasteiger partial charge in [0.1, 0.15) is 0 Å². The molecule has 4 nitrogen and oxygen atoms in total. The molecule has 17 heavy (non-hydrogen) atoms. The molecule has 0 bridgehead atoms. The van der Waals surface area contributed by atoms with Crippen LogP contribution in [0.5, 0.6) is 0 Å². The Hall–Kier alpha value is -1.49. The molecule has 0 aliphatic heterocycles. The van der Waals surface area contributed by atoms with Crippen LogP contribution in [0.25, 0.3) is 0 Å². The molecule has 0 radical (unpaired) electrons. The maximum atomic E-state index is 12.8. The Kier molecular flexibility index (Phi) is 5.03. The number of hydrogen-bond acceptors (Lipinski definition) is 3. The Morgan fingerprint density at radius 1 is 1.59 bits per heavy atom. The quantitative estimate of drug-likeness (QED) is 0.796. The van der Waals surface area contributed by atoms with Gasteiger partial charge in [-0.15, -0.1) is 0 Å². The lowest BCUT2D eigenvalue weighted by Crippen LogP contribution is -2.36. The number of methoxy groups -OCH3 is 1. The molecule has 1 aromatic rings. The number of amides is 1. The summed E-state index contributed by atoms with van der Waals surface area (Å²) >= 11 is 0. The van der Waals surface area contributed by atoms with Gasteiger partial charge in [-0.2, -0.15) is 4.39 Å². The molecule has 1 N–H and O–H groups in total. The summed E-state index contributed by atoms with van der Waals surface area (Å²) < 4.78 is 18.0. The van der Waals surface area contributed by atoms with Gasteiger partial charge in [0, 0.05) is 31.5 Å². The number of aromatic nitrogens is 1. The number of carbonyl (C=O) groups is 1. The second-order valence-electron chi connectivity index (χ2n) is 4.10. The molecule has 0 saturated carbocycles. The van der Waals surface area contributed by atoms with E-state index < -0.39 is 5.95 Å². The molecule has 0 spiro atoms. The van der Waals surface area contributed by atoms with Crippen molar-refractivity contribution < 1.29 is 13.9 Å². The van der Waals surface area contributed by atoms with E-state index in [2.05, 4.69) is 10.3 Å². The second kappa shape index (κ2) is 6.30. The van der Waals surface area contributed by atoms with Crippen LogP contribution in [0.1, 0.15) is 24.2 Å². The maximum Gasteiger partial charge on any atom is 0.251 e. The minimum absolute atomic E-state index is 0.0503. The highest BCUT2D eigenvalue weighted by Crippen LogP contribution is 2.05. The first-order chi connectivity index (χ1) is 8.04. The molecule has 0 saturated heterocycles. The molecule has 1 heterocycles. The van der Waals surface area contributed by atoms with Crippen molar-refractivity contribution in [2.24, 2.45) is 5.92 Å². The van der Waals surface area contributed by atoms with Crippen LogP contribution in [-0.2, 0) is 4.74 Å². The molecule has 1 aromatic heterocycles. The van der Waals surface area contributed by atoms with Gasteiger partial charge in [-0.25, -0.2) is 4.98 Å². The van der Waals surface area contributed by atoms with E-state index in [0.717, 1.165) is 6.07 Å². The van der Waals surface area contributed by atoms with E-state index >= 15 is 0 Å². The molecule has 0 aromatic carbocycles.